The molecule has 6 nitrogen and oxygen atoms in total. The summed E-state index contributed by atoms with van der Waals surface area (Å²) in [6.07, 6.45) is 0.305. The Bertz CT molecular complexity index is 477. The third kappa shape index (κ3) is 2.60. The molecular weight excluding hydrogens is 228 g/mol. The fourth-order valence-electron chi connectivity index (χ4n) is 1.48. The molecule has 0 fully saturated rings. The predicted molar refractivity (Wildman–Crippen MR) is 56.5 cm³/mol. The second kappa shape index (κ2) is 5.11. The average Bonchev–Trinajstić information content (AvgIpc) is 2.29. The highest BCUT2D eigenvalue weighted by Gasteiger charge is 2.17. The molecule has 1 aromatic carbocycles. The van der Waals surface area contributed by atoms with Gasteiger partial charge in [-0.25, -0.2) is 0 Å². The maximum absolute atomic E-state index is 10.8. The molecule has 0 aliphatic heterocycles. The van der Waals surface area contributed by atoms with E-state index >= 15 is 0 Å². The van der Waals surface area contributed by atoms with Gasteiger partial charge in [0.15, 0.2) is 17.8 Å². The van der Waals surface area contributed by atoms with E-state index in [1.807, 2.05) is 0 Å². The number of aliphatic carboxylic acids is 1. The van der Waals surface area contributed by atoms with Crippen molar-refractivity contribution in [1.82, 2.24) is 0 Å². The summed E-state index contributed by atoms with van der Waals surface area (Å²) in [6.45, 7) is 0. The maximum Gasteiger partial charge on any atom is 0.303 e. The number of phenolic OH excluding ortho intramolecular Hbond substituents is 2. The number of carboxylic acid groups (broad SMARTS) is 1. The molecule has 0 amide bonds. The van der Waals surface area contributed by atoms with Crippen LogP contribution in [0.2, 0.25) is 0 Å². The van der Waals surface area contributed by atoms with Crippen LogP contribution in [-0.2, 0) is 11.2 Å². The monoisotopic (exact) mass is 238 g/mol. The summed E-state index contributed by atoms with van der Waals surface area (Å²) in [5.74, 6) is -2.33. The Labute approximate surface area is 96.1 Å². The standard InChI is InChI=1S/C11H10O6/c12-4-6-3-9(14)11(17)8(5-13)7(6)1-2-10(15)16/h3-5,14,17H,1-2H2,(H,15,16). The Balaban J connectivity index is 3.32. The zero-order chi connectivity index (χ0) is 13.0. The van der Waals surface area contributed by atoms with Crippen molar-refractivity contribution < 1.29 is 29.7 Å². The molecule has 0 spiro atoms. The summed E-state index contributed by atoms with van der Waals surface area (Å²) in [5, 5.41) is 27.2. The van der Waals surface area contributed by atoms with Crippen molar-refractivity contribution in [2.75, 3.05) is 0 Å². The van der Waals surface area contributed by atoms with Gasteiger partial charge in [-0.15, -0.1) is 0 Å². The fraction of sp³-hybridized carbons (Fsp3) is 0.182. The average molecular weight is 238 g/mol. The number of carboxylic acids is 1. The van der Waals surface area contributed by atoms with Gasteiger partial charge < -0.3 is 15.3 Å². The number of aromatic hydroxyl groups is 2. The van der Waals surface area contributed by atoms with Gasteiger partial charge in [-0.3, -0.25) is 14.4 Å². The van der Waals surface area contributed by atoms with E-state index in [1.165, 1.54) is 0 Å². The number of benzene rings is 1. The van der Waals surface area contributed by atoms with Crippen LogP contribution in [0.3, 0.4) is 0 Å². The van der Waals surface area contributed by atoms with Gasteiger partial charge >= 0.3 is 5.97 Å². The molecule has 17 heavy (non-hydrogen) atoms. The molecule has 0 aromatic heterocycles. The van der Waals surface area contributed by atoms with Crippen molar-refractivity contribution >= 4 is 18.5 Å². The zero-order valence-electron chi connectivity index (χ0n) is 8.71. The van der Waals surface area contributed by atoms with Crippen LogP contribution in [0.4, 0.5) is 0 Å². The molecule has 0 atom stereocenters. The number of hydrogen-bond acceptors (Lipinski definition) is 5. The minimum absolute atomic E-state index is 0.0105. The van der Waals surface area contributed by atoms with Crippen LogP contribution in [0.25, 0.3) is 0 Å². The molecule has 3 N–H and O–H groups in total. The Kier molecular flexibility index (Phi) is 3.82. The number of rotatable bonds is 5. The molecule has 0 aliphatic rings. The van der Waals surface area contributed by atoms with Crippen molar-refractivity contribution in [3.8, 4) is 11.5 Å². The quantitative estimate of drug-likeness (QED) is 0.515. The number of phenols is 2. The minimum atomic E-state index is -1.09. The van der Waals surface area contributed by atoms with Crippen LogP contribution in [-0.4, -0.2) is 33.9 Å². The van der Waals surface area contributed by atoms with E-state index in [0.29, 0.717) is 6.29 Å². The fourth-order valence-corrected chi connectivity index (χ4v) is 1.48. The lowest BCUT2D eigenvalue weighted by atomic mass is 9.96. The first-order valence-electron chi connectivity index (χ1n) is 4.71. The van der Waals surface area contributed by atoms with Crippen LogP contribution >= 0.6 is 0 Å². The van der Waals surface area contributed by atoms with E-state index in [0.717, 1.165) is 6.07 Å². The molecule has 1 aromatic rings. The van der Waals surface area contributed by atoms with E-state index in [9.17, 15) is 24.6 Å². The number of carbonyl (C=O) groups is 3. The van der Waals surface area contributed by atoms with Gasteiger partial charge in [0, 0.05) is 12.0 Å². The lowest BCUT2D eigenvalue weighted by Crippen LogP contribution is -2.04. The van der Waals surface area contributed by atoms with Crippen molar-refractivity contribution in [3.63, 3.8) is 0 Å². The lowest BCUT2D eigenvalue weighted by Gasteiger charge is -2.10. The first-order valence-corrected chi connectivity index (χ1v) is 4.71. The molecule has 0 saturated carbocycles. The smallest absolute Gasteiger partial charge is 0.303 e. The van der Waals surface area contributed by atoms with Crippen LogP contribution in [0, 0.1) is 0 Å². The number of hydrogen-bond donors (Lipinski definition) is 3. The molecule has 0 unspecified atom stereocenters. The largest absolute Gasteiger partial charge is 0.504 e. The summed E-state index contributed by atoms with van der Waals surface area (Å²) in [7, 11) is 0. The second-order valence-electron chi connectivity index (χ2n) is 3.36. The minimum Gasteiger partial charge on any atom is -0.504 e. The maximum atomic E-state index is 10.8. The lowest BCUT2D eigenvalue weighted by molar-refractivity contribution is -0.136. The van der Waals surface area contributed by atoms with Gasteiger partial charge in [-0.1, -0.05) is 0 Å². The summed E-state index contributed by atoms with van der Waals surface area (Å²) < 4.78 is 0. The van der Waals surface area contributed by atoms with Gasteiger partial charge in [0.2, 0.25) is 0 Å². The molecule has 90 valence electrons. The SMILES string of the molecule is O=Cc1cc(O)c(O)c(C=O)c1CCC(=O)O. The summed E-state index contributed by atoms with van der Waals surface area (Å²) in [4.78, 5) is 32.0. The van der Waals surface area contributed by atoms with Crippen LogP contribution in [0.15, 0.2) is 6.07 Å². The Morgan fingerprint density at radius 3 is 2.35 bits per heavy atom. The normalized spacial score (nSPS) is 9.88. The van der Waals surface area contributed by atoms with Crippen LogP contribution < -0.4 is 0 Å². The Morgan fingerprint density at radius 2 is 1.88 bits per heavy atom. The highest BCUT2D eigenvalue weighted by Crippen LogP contribution is 2.33. The molecule has 0 bridgehead atoms. The molecule has 0 radical (unpaired) electrons. The van der Waals surface area contributed by atoms with Crippen molar-refractivity contribution in [2.24, 2.45) is 0 Å². The first kappa shape index (κ1) is 12.7. The van der Waals surface area contributed by atoms with Gasteiger partial charge in [0.1, 0.15) is 6.29 Å². The second-order valence-corrected chi connectivity index (χ2v) is 3.36. The summed E-state index contributed by atoms with van der Waals surface area (Å²) in [5.41, 5.74) is -0.148. The van der Waals surface area contributed by atoms with Gasteiger partial charge in [-0.2, -0.15) is 0 Å². The van der Waals surface area contributed by atoms with Crippen molar-refractivity contribution in [2.45, 2.75) is 12.8 Å². The number of aldehydes is 2. The van der Waals surface area contributed by atoms with E-state index in [-0.39, 0.29) is 35.8 Å². The summed E-state index contributed by atoms with van der Waals surface area (Å²) >= 11 is 0. The van der Waals surface area contributed by atoms with Gasteiger partial charge in [-0.05, 0) is 18.1 Å². The Morgan fingerprint density at radius 1 is 1.24 bits per heavy atom. The van der Waals surface area contributed by atoms with E-state index in [1.54, 1.807) is 0 Å². The third-order valence-corrected chi connectivity index (χ3v) is 2.30. The van der Waals surface area contributed by atoms with E-state index in [4.69, 9.17) is 5.11 Å². The zero-order valence-corrected chi connectivity index (χ0v) is 8.71. The number of carbonyl (C=O) groups excluding carboxylic acids is 2. The molecule has 0 aliphatic carbocycles. The van der Waals surface area contributed by atoms with E-state index in [2.05, 4.69) is 0 Å². The van der Waals surface area contributed by atoms with Gasteiger partial charge in [0.05, 0.1) is 5.56 Å². The highest BCUT2D eigenvalue weighted by molar-refractivity contribution is 5.90. The topological polar surface area (TPSA) is 112 Å². The van der Waals surface area contributed by atoms with Gasteiger partial charge in [0.25, 0.3) is 0 Å². The summed E-state index contributed by atoms with van der Waals surface area (Å²) in [6, 6.07) is 0.993. The van der Waals surface area contributed by atoms with E-state index < -0.39 is 17.5 Å². The molecular formula is C11H10O6. The molecule has 1 rings (SSSR count). The first-order chi connectivity index (χ1) is 8.01. The molecule has 0 heterocycles. The molecule has 0 saturated heterocycles. The highest BCUT2D eigenvalue weighted by atomic mass is 16.4. The van der Waals surface area contributed by atoms with Crippen LogP contribution in [0.1, 0.15) is 32.7 Å². The third-order valence-electron chi connectivity index (χ3n) is 2.30. The predicted octanol–water partition coefficient (Wildman–Crippen LogP) is 0.740. The van der Waals surface area contributed by atoms with Crippen LogP contribution in [0.5, 0.6) is 11.5 Å². The van der Waals surface area contributed by atoms with Crippen molar-refractivity contribution in [1.29, 1.82) is 0 Å². The Hall–Kier alpha value is -2.37. The molecule has 6 heteroatoms. The van der Waals surface area contributed by atoms with Crippen molar-refractivity contribution in [3.05, 3.63) is 22.8 Å².